The van der Waals surface area contributed by atoms with Gasteiger partial charge in [0, 0.05) is 25.2 Å². The molecule has 1 heterocycles. The van der Waals surface area contributed by atoms with Crippen molar-refractivity contribution in [3.8, 4) is 5.75 Å². The Labute approximate surface area is 155 Å². The number of phenols is 1. The van der Waals surface area contributed by atoms with Gasteiger partial charge in [0.25, 0.3) is 5.91 Å². The number of phenolic OH excluding ortho intramolecular Hbond substituents is 1. The summed E-state index contributed by atoms with van der Waals surface area (Å²) in [7, 11) is 0. The van der Waals surface area contributed by atoms with E-state index in [-0.39, 0.29) is 17.7 Å². The second-order valence-electron chi connectivity index (χ2n) is 7.39. The molecule has 0 saturated carbocycles. The lowest BCUT2D eigenvalue weighted by Gasteiger charge is -2.34. The molecule has 1 aliphatic rings. The van der Waals surface area contributed by atoms with Crippen LogP contribution >= 0.6 is 0 Å². The molecule has 0 bridgehead atoms. The van der Waals surface area contributed by atoms with Crippen LogP contribution in [0.1, 0.15) is 48.2 Å². The van der Waals surface area contributed by atoms with Crippen LogP contribution in [0.15, 0.2) is 48.5 Å². The second kappa shape index (κ2) is 8.37. The summed E-state index contributed by atoms with van der Waals surface area (Å²) in [5.74, 6) is -0.140. The number of aromatic hydroxyl groups is 1. The van der Waals surface area contributed by atoms with Gasteiger partial charge in [-0.25, -0.2) is 0 Å². The smallest absolute Gasteiger partial charge is 0.255 e. The fourth-order valence-electron chi connectivity index (χ4n) is 3.53. The average Bonchev–Trinajstić information content (AvgIpc) is 2.64. The van der Waals surface area contributed by atoms with Gasteiger partial charge >= 0.3 is 0 Å². The van der Waals surface area contributed by atoms with Gasteiger partial charge in [0.05, 0.1) is 5.56 Å². The quantitative estimate of drug-likeness (QED) is 0.865. The highest BCUT2D eigenvalue weighted by atomic mass is 16.3. The van der Waals surface area contributed by atoms with Crippen LogP contribution in [0.2, 0.25) is 0 Å². The van der Waals surface area contributed by atoms with Crippen molar-refractivity contribution in [2.75, 3.05) is 13.1 Å². The highest BCUT2D eigenvalue weighted by molar-refractivity contribution is 5.97. The summed E-state index contributed by atoms with van der Waals surface area (Å²) in [6, 6.07) is 16.2. The van der Waals surface area contributed by atoms with Gasteiger partial charge in [0.2, 0.25) is 0 Å². The first-order valence-corrected chi connectivity index (χ1v) is 9.43. The molecule has 138 valence electrons. The zero-order chi connectivity index (χ0) is 18.5. The fraction of sp³-hybridized carbons (Fsp3) is 0.409. The lowest BCUT2D eigenvalue weighted by molar-refractivity contribution is 0.0898. The lowest BCUT2D eigenvalue weighted by Crippen LogP contribution is -2.46. The number of benzene rings is 2. The fourth-order valence-corrected chi connectivity index (χ4v) is 3.53. The third kappa shape index (κ3) is 4.64. The second-order valence-corrected chi connectivity index (χ2v) is 7.39. The van der Waals surface area contributed by atoms with E-state index < -0.39 is 0 Å². The molecule has 1 saturated heterocycles. The number of hydrogen-bond donors (Lipinski definition) is 2. The van der Waals surface area contributed by atoms with Gasteiger partial charge in [-0.1, -0.05) is 36.4 Å². The standard InChI is InChI=1S/C22H28N2O2/c1-16(2)24-12-10-19(11-13-24)23-22(26)20-15-18(8-9-21(20)25)14-17-6-4-3-5-7-17/h3-9,15-16,19,25H,10-14H2,1-2H3,(H,23,26). The molecule has 3 rings (SSSR count). The monoisotopic (exact) mass is 352 g/mol. The number of nitrogens with one attached hydrogen (secondary N) is 1. The van der Waals surface area contributed by atoms with Gasteiger partial charge in [0.15, 0.2) is 0 Å². The van der Waals surface area contributed by atoms with Gasteiger partial charge in [-0.05, 0) is 56.4 Å². The highest BCUT2D eigenvalue weighted by Gasteiger charge is 2.23. The first-order valence-electron chi connectivity index (χ1n) is 9.43. The van der Waals surface area contributed by atoms with E-state index in [1.165, 1.54) is 5.56 Å². The minimum Gasteiger partial charge on any atom is -0.507 e. The summed E-state index contributed by atoms with van der Waals surface area (Å²) >= 11 is 0. The van der Waals surface area contributed by atoms with Crippen LogP contribution < -0.4 is 5.32 Å². The molecule has 0 aromatic heterocycles. The van der Waals surface area contributed by atoms with Crippen LogP contribution in [0, 0.1) is 0 Å². The van der Waals surface area contributed by atoms with E-state index in [2.05, 4.69) is 36.2 Å². The third-order valence-electron chi connectivity index (χ3n) is 5.15. The zero-order valence-corrected chi connectivity index (χ0v) is 15.6. The van der Waals surface area contributed by atoms with Gasteiger partial charge < -0.3 is 15.3 Å². The number of amides is 1. The molecule has 1 aliphatic heterocycles. The Morgan fingerprint density at radius 3 is 2.46 bits per heavy atom. The summed E-state index contributed by atoms with van der Waals surface area (Å²) in [5, 5.41) is 13.2. The zero-order valence-electron chi connectivity index (χ0n) is 15.6. The SMILES string of the molecule is CC(C)N1CCC(NC(=O)c2cc(Cc3ccccc3)ccc2O)CC1. The number of piperidine rings is 1. The van der Waals surface area contributed by atoms with Crippen molar-refractivity contribution >= 4 is 5.91 Å². The number of carbonyl (C=O) groups excluding carboxylic acids is 1. The van der Waals surface area contributed by atoms with E-state index in [0.29, 0.717) is 11.6 Å². The van der Waals surface area contributed by atoms with Crippen LogP contribution in [0.5, 0.6) is 5.75 Å². The number of rotatable bonds is 5. The number of carbonyl (C=O) groups is 1. The largest absolute Gasteiger partial charge is 0.507 e. The summed E-state index contributed by atoms with van der Waals surface area (Å²) in [6.45, 7) is 6.41. The molecule has 0 unspecified atom stereocenters. The van der Waals surface area contributed by atoms with E-state index in [9.17, 15) is 9.90 Å². The first-order chi connectivity index (χ1) is 12.5. The Bertz CT molecular complexity index is 735. The number of likely N-dealkylation sites (tertiary alicyclic amines) is 1. The van der Waals surface area contributed by atoms with E-state index >= 15 is 0 Å². The van der Waals surface area contributed by atoms with Crippen molar-refractivity contribution in [1.82, 2.24) is 10.2 Å². The molecule has 4 heteroatoms. The van der Waals surface area contributed by atoms with Crippen molar-refractivity contribution in [2.45, 2.75) is 45.2 Å². The molecule has 0 atom stereocenters. The molecular weight excluding hydrogens is 324 g/mol. The number of nitrogens with zero attached hydrogens (tertiary/aromatic N) is 1. The first kappa shape index (κ1) is 18.5. The van der Waals surface area contributed by atoms with Gasteiger partial charge in [-0.3, -0.25) is 4.79 Å². The molecule has 2 aromatic carbocycles. The highest BCUT2D eigenvalue weighted by Crippen LogP contribution is 2.21. The molecule has 1 fully saturated rings. The maximum atomic E-state index is 12.7. The Morgan fingerprint density at radius 2 is 1.81 bits per heavy atom. The van der Waals surface area contributed by atoms with Gasteiger partial charge in [-0.2, -0.15) is 0 Å². The van der Waals surface area contributed by atoms with Crippen molar-refractivity contribution in [2.24, 2.45) is 0 Å². The Kier molecular flexibility index (Phi) is 5.94. The lowest BCUT2D eigenvalue weighted by atomic mass is 10.0. The van der Waals surface area contributed by atoms with E-state index in [1.807, 2.05) is 24.3 Å². The molecule has 1 amide bonds. The van der Waals surface area contributed by atoms with Crippen molar-refractivity contribution < 1.29 is 9.90 Å². The Balaban J connectivity index is 1.64. The summed E-state index contributed by atoms with van der Waals surface area (Å²) in [5.41, 5.74) is 2.57. The van der Waals surface area contributed by atoms with Crippen LogP contribution in [0.25, 0.3) is 0 Å². The molecule has 26 heavy (non-hydrogen) atoms. The van der Waals surface area contributed by atoms with E-state index in [0.717, 1.165) is 37.9 Å². The normalized spacial score (nSPS) is 16.0. The van der Waals surface area contributed by atoms with Crippen molar-refractivity contribution in [3.63, 3.8) is 0 Å². The van der Waals surface area contributed by atoms with Crippen LogP contribution in [-0.4, -0.2) is 41.1 Å². The van der Waals surface area contributed by atoms with Crippen LogP contribution in [0.4, 0.5) is 0 Å². The molecule has 4 nitrogen and oxygen atoms in total. The summed E-state index contributed by atoms with van der Waals surface area (Å²) in [4.78, 5) is 15.1. The molecule has 2 aromatic rings. The maximum absolute atomic E-state index is 12.7. The number of hydrogen-bond acceptors (Lipinski definition) is 3. The van der Waals surface area contributed by atoms with Gasteiger partial charge in [-0.15, -0.1) is 0 Å². The predicted octanol–water partition coefficient (Wildman–Crippen LogP) is 3.59. The topological polar surface area (TPSA) is 52.6 Å². The van der Waals surface area contributed by atoms with E-state index in [4.69, 9.17) is 0 Å². The molecule has 2 N–H and O–H groups in total. The molecule has 0 spiro atoms. The minimum absolute atomic E-state index is 0.0407. The summed E-state index contributed by atoms with van der Waals surface area (Å²) in [6.07, 6.45) is 2.65. The average molecular weight is 352 g/mol. The molecule has 0 radical (unpaired) electrons. The van der Waals surface area contributed by atoms with Gasteiger partial charge in [0.1, 0.15) is 5.75 Å². The Hall–Kier alpha value is -2.33. The van der Waals surface area contributed by atoms with Crippen molar-refractivity contribution in [3.05, 3.63) is 65.2 Å². The van der Waals surface area contributed by atoms with Crippen LogP contribution in [-0.2, 0) is 6.42 Å². The van der Waals surface area contributed by atoms with Crippen molar-refractivity contribution in [1.29, 1.82) is 0 Å². The predicted molar refractivity (Wildman–Crippen MR) is 105 cm³/mol. The third-order valence-corrected chi connectivity index (χ3v) is 5.15. The van der Waals surface area contributed by atoms with Crippen LogP contribution in [0.3, 0.4) is 0 Å². The molecule has 0 aliphatic carbocycles. The van der Waals surface area contributed by atoms with E-state index in [1.54, 1.807) is 12.1 Å². The minimum atomic E-state index is -0.180. The molecular formula is C22H28N2O2. The summed E-state index contributed by atoms with van der Waals surface area (Å²) < 4.78 is 0. The Morgan fingerprint density at radius 1 is 1.12 bits per heavy atom. The maximum Gasteiger partial charge on any atom is 0.255 e.